The van der Waals surface area contributed by atoms with E-state index in [0.29, 0.717) is 25.3 Å². The average molecular weight is 477 g/mol. The van der Waals surface area contributed by atoms with Crippen molar-refractivity contribution < 1.29 is 14.6 Å². The van der Waals surface area contributed by atoms with E-state index in [1.807, 2.05) is 6.92 Å². The van der Waals surface area contributed by atoms with Crippen LogP contribution in [0.3, 0.4) is 0 Å². The normalized spacial score (nSPS) is 10.8. The van der Waals surface area contributed by atoms with Crippen molar-refractivity contribution in [2.24, 2.45) is 5.10 Å². The predicted molar refractivity (Wildman–Crippen MR) is 101 cm³/mol. The Morgan fingerprint density at radius 1 is 1.33 bits per heavy atom. The molecular formula is C16H13Br2ClN2O3. The first-order valence-corrected chi connectivity index (χ1v) is 8.72. The number of carbonyl (C=O) groups is 1. The predicted octanol–water partition coefficient (Wildman–Crippen LogP) is 4.41. The average Bonchev–Trinajstić information content (AvgIpc) is 2.51. The van der Waals surface area contributed by atoms with E-state index in [9.17, 15) is 9.90 Å². The summed E-state index contributed by atoms with van der Waals surface area (Å²) in [7, 11) is 0. The first-order valence-electron chi connectivity index (χ1n) is 6.75. The number of carbonyl (C=O) groups excluding carboxylic acids is 1. The molecule has 0 aliphatic heterocycles. The van der Waals surface area contributed by atoms with Gasteiger partial charge < -0.3 is 9.84 Å². The van der Waals surface area contributed by atoms with Crippen LogP contribution in [0.15, 0.2) is 44.4 Å². The molecule has 0 bridgehead atoms. The molecule has 126 valence electrons. The first-order chi connectivity index (χ1) is 11.4. The Labute approximate surface area is 160 Å². The molecule has 0 aliphatic rings. The van der Waals surface area contributed by atoms with Crippen molar-refractivity contribution in [1.82, 2.24) is 5.43 Å². The lowest BCUT2D eigenvalue weighted by Gasteiger charge is -2.08. The van der Waals surface area contributed by atoms with E-state index in [0.717, 1.165) is 5.56 Å². The smallest absolute Gasteiger partial charge is 0.277 e. The van der Waals surface area contributed by atoms with Gasteiger partial charge in [0.15, 0.2) is 6.61 Å². The fraction of sp³-hybridized carbons (Fsp3) is 0.125. The van der Waals surface area contributed by atoms with Crippen LogP contribution in [0.5, 0.6) is 11.5 Å². The first kappa shape index (κ1) is 18.8. The zero-order valence-corrected chi connectivity index (χ0v) is 16.4. The van der Waals surface area contributed by atoms with Crippen LogP contribution in [-0.2, 0) is 4.79 Å². The summed E-state index contributed by atoms with van der Waals surface area (Å²) in [5.74, 6) is 0.297. The van der Waals surface area contributed by atoms with Crippen LogP contribution < -0.4 is 10.2 Å². The number of phenols is 1. The van der Waals surface area contributed by atoms with Crippen LogP contribution in [-0.4, -0.2) is 23.8 Å². The molecule has 0 heterocycles. The summed E-state index contributed by atoms with van der Waals surface area (Å²) in [5.41, 5.74) is 3.91. The maximum atomic E-state index is 11.7. The van der Waals surface area contributed by atoms with Gasteiger partial charge in [0.2, 0.25) is 0 Å². The molecule has 2 rings (SSSR count). The van der Waals surface area contributed by atoms with Gasteiger partial charge in [-0.05, 0) is 80.2 Å². The lowest BCUT2D eigenvalue weighted by molar-refractivity contribution is -0.123. The number of hydrogen-bond donors (Lipinski definition) is 2. The molecular weight excluding hydrogens is 463 g/mol. The number of nitrogens with zero attached hydrogens (tertiary/aromatic N) is 1. The van der Waals surface area contributed by atoms with E-state index in [2.05, 4.69) is 42.4 Å². The minimum atomic E-state index is -0.391. The van der Waals surface area contributed by atoms with Crippen LogP contribution in [0.1, 0.15) is 11.1 Å². The number of amides is 1. The van der Waals surface area contributed by atoms with E-state index in [4.69, 9.17) is 16.3 Å². The third-order valence-corrected chi connectivity index (χ3v) is 4.38. The van der Waals surface area contributed by atoms with E-state index in [1.165, 1.54) is 6.21 Å². The fourth-order valence-electron chi connectivity index (χ4n) is 1.79. The van der Waals surface area contributed by atoms with Crippen LogP contribution in [0.25, 0.3) is 0 Å². The third-order valence-electron chi connectivity index (χ3n) is 2.94. The standard InChI is InChI=1S/C16H13Br2ClN2O3/c1-9-4-11(19)2-3-14(9)24-8-15(22)21-20-7-10-5-12(17)16(23)13(18)6-10/h2-7,23H,8H2,1H3,(H,21,22)/b20-7+. The number of benzene rings is 2. The topological polar surface area (TPSA) is 70.9 Å². The summed E-state index contributed by atoms with van der Waals surface area (Å²) in [6, 6.07) is 8.50. The van der Waals surface area contributed by atoms with Crippen LogP contribution in [0.2, 0.25) is 5.02 Å². The number of hydrazone groups is 1. The lowest BCUT2D eigenvalue weighted by Crippen LogP contribution is -2.24. The number of aromatic hydroxyl groups is 1. The summed E-state index contributed by atoms with van der Waals surface area (Å²) in [6.07, 6.45) is 1.46. The van der Waals surface area contributed by atoms with Gasteiger partial charge in [0.1, 0.15) is 11.5 Å². The molecule has 2 aromatic carbocycles. The Morgan fingerprint density at radius 3 is 2.62 bits per heavy atom. The summed E-state index contributed by atoms with van der Waals surface area (Å²) >= 11 is 12.3. The lowest BCUT2D eigenvalue weighted by atomic mass is 10.2. The Kier molecular flexibility index (Phi) is 6.65. The van der Waals surface area contributed by atoms with Gasteiger partial charge in [0.05, 0.1) is 15.2 Å². The largest absolute Gasteiger partial charge is 0.506 e. The van der Waals surface area contributed by atoms with Crippen molar-refractivity contribution in [1.29, 1.82) is 0 Å². The monoisotopic (exact) mass is 474 g/mol. The van der Waals surface area contributed by atoms with Crippen molar-refractivity contribution in [3.05, 3.63) is 55.4 Å². The van der Waals surface area contributed by atoms with Gasteiger partial charge in [-0.25, -0.2) is 5.43 Å². The molecule has 5 nitrogen and oxygen atoms in total. The van der Waals surface area contributed by atoms with Gasteiger partial charge in [-0.1, -0.05) is 11.6 Å². The molecule has 2 aromatic rings. The Bertz CT molecular complexity index is 774. The molecule has 0 unspecified atom stereocenters. The van der Waals surface area contributed by atoms with Gasteiger partial charge in [-0.15, -0.1) is 0 Å². The molecule has 24 heavy (non-hydrogen) atoms. The van der Waals surface area contributed by atoms with Gasteiger partial charge in [0, 0.05) is 5.02 Å². The number of phenolic OH excluding ortho intramolecular Hbond substituents is 1. The highest BCUT2D eigenvalue weighted by atomic mass is 79.9. The van der Waals surface area contributed by atoms with Gasteiger partial charge in [-0.3, -0.25) is 4.79 Å². The molecule has 8 heteroatoms. The van der Waals surface area contributed by atoms with Gasteiger partial charge >= 0.3 is 0 Å². The summed E-state index contributed by atoms with van der Waals surface area (Å²) in [6.45, 7) is 1.68. The number of halogens is 3. The Morgan fingerprint density at radius 2 is 2.00 bits per heavy atom. The number of aryl methyl sites for hydroxylation is 1. The van der Waals surface area contributed by atoms with E-state index in [1.54, 1.807) is 30.3 Å². The van der Waals surface area contributed by atoms with Crippen molar-refractivity contribution in [3.63, 3.8) is 0 Å². The van der Waals surface area contributed by atoms with Crippen LogP contribution in [0.4, 0.5) is 0 Å². The molecule has 0 aromatic heterocycles. The second-order valence-electron chi connectivity index (χ2n) is 4.82. The summed E-state index contributed by atoms with van der Waals surface area (Å²) in [5, 5.41) is 14.1. The highest BCUT2D eigenvalue weighted by Gasteiger charge is 2.06. The van der Waals surface area contributed by atoms with E-state index in [-0.39, 0.29) is 12.4 Å². The fourth-order valence-corrected chi connectivity index (χ4v) is 3.24. The SMILES string of the molecule is Cc1cc(Cl)ccc1OCC(=O)N/N=C/c1cc(Br)c(O)c(Br)c1. The zero-order chi connectivity index (χ0) is 17.7. The number of hydrogen-bond acceptors (Lipinski definition) is 4. The van der Waals surface area contributed by atoms with E-state index >= 15 is 0 Å². The number of ether oxygens (including phenoxy) is 1. The second kappa shape index (κ2) is 8.50. The molecule has 2 N–H and O–H groups in total. The van der Waals surface area contributed by atoms with Crippen molar-refractivity contribution in [3.8, 4) is 11.5 Å². The van der Waals surface area contributed by atoms with Crippen molar-refractivity contribution >= 4 is 55.6 Å². The molecule has 0 atom stereocenters. The maximum Gasteiger partial charge on any atom is 0.277 e. The summed E-state index contributed by atoms with van der Waals surface area (Å²) < 4.78 is 6.46. The zero-order valence-electron chi connectivity index (χ0n) is 12.5. The molecule has 1 amide bonds. The Hall–Kier alpha value is -1.57. The molecule has 0 saturated heterocycles. The van der Waals surface area contributed by atoms with Crippen LogP contribution >= 0.6 is 43.5 Å². The van der Waals surface area contributed by atoms with Crippen molar-refractivity contribution in [2.45, 2.75) is 6.92 Å². The van der Waals surface area contributed by atoms with Gasteiger partial charge in [0.25, 0.3) is 5.91 Å². The van der Waals surface area contributed by atoms with E-state index < -0.39 is 5.91 Å². The molecule has 0 saturated carbocycles. The second-order valence-corrected chi connectivity index (χ2v) is 6.97. The molecule has 0 spiro atoms. The third kappa shape index (κ3) is 5.22. The molecule has 0 radical (unpaired) electrons. The minimum absolute atomic E-state index is 0.0999. The highest BCUT2D eigenvalue weighted by molar-refractivity contribution is 9.11. The molecule has 0 fully saturated rings. The minimum Gasteiger partial charge on any atom is -0.506 e. The maximum absolute atomic E-state index is 11.7. The number of nitrogens with one attached hydrogen (secondary N) is 1. The molecule has 0 aliphatic carbocycles. The van der Waals surface area contributed by atoms with Crippen LogP contribution in [0, 0.1) is 6.92 Å². The summed E-state index contributed by atoms with van der Waals surface area (Å²) in [4.78, 5) is 11.7. The number of rotatable bonds is 5. The quantitative estimate of drug-likeness (QED) is 0.496. The highest BCUT2D eigenvalue weighted by Crippen LogP contribution is 2.32. The Balaban J connectivity index is 1.89. The van der Waals surface area contributed by atoms with Crippen molar-refractivity contribution in [2.75, 3.05) is 6.61 Å². The van der Waals surface area contributed by atoms with Gasteiger partial charge in [-0.2, -0.15) is 5.10 Å².